The van der Waals surface area contributed by atoms with Gasteiger partial charge < -0.3 is 9.47 Å². The fraction of sp³-hybridized carbons (Fsp3) is 0.588. The minimum absolute atomic E-state index is 0.345. The van der Waals surface area contributed by atoms with Crippen LogP contribution in [0.25, 0.3) is 0 Å². The monoisotopic (exact) mass is 280 g/mol. The molecule has 0 unspecified atom stereocenters. The van der Waals surface area contributed by atoms with Crippen LogP contribution in [0.1, 0.15) is 46.5 Å². The van der Waals surface area contributed by atoms with Crippen LogP contribution in [-0.4, -0.2) is 26.8 Å². The fourth-order valence-electron chi connectivity index (χ4n) is 1.74. The highest BCUT2D eigenvalue weighted by atomic mass is 16.7. The van der Waals surface area contributed by atoms with Crippen molar-refractivity contribution in [1.82, 2.24) is 0 Å². The predicted molar refractivity (Wildman–Crippen MR) is 83.6 cm³/mol. The Kier molecular flexibility index (Phi) is 12.1. The molecular weight excluding hydrogens is 252 g/mol. The van der Waals surface area contributed by atoms with Gasteiger partial charge in [0.2, 0.25) is 0 Å². The number of carbonyl (C=O) groups excluding carboxylic acids is 1. The lowest BCUT2D eigenvalue weighted by molar-refractivity contribution is -0.104. The summed E-state index contributed by atoms with van der Waals surface area (Å²) >= 11 is 0. The van der Waals surface area contributed by atoms with Gasteiger partial charge in [-0.15, -0.1) is 0 Å². The Hall–Kier alpha value is -1.19. The molecule has 0 saturated heterocycles. The van der Waals surface area contributed by atoms with E-state index in [0.717, 1.165) is 37.5 Å². The molecule has 0 fully saturated rings. The van der Waals surface area contributed by atoms with Gasteiger partial charge in [-0.2, -0.15) is 0 Å². The lowest BCUT2D eigenvalue weighted by atomic mass is 10.1. The molecule has 0 aliphatic heterocycles. The Morgan fingerprint density at radius 1 is 0.950 bits per heavy atom. The molecule has 0 aromatic carbocycles. The summed E-state index contributed by atoms with van der Waals surface area (Å²) in [5.41, 5.74) is 3.76. The molecule has 0 aromatic rings. The number of hydrogen-bond donors (Lipinski definition) is 0. The fourth-order valence-corrected chi connectivity index (χ4v) is 1.74. The van der Waals surface area contributed by atoms with Crippen molar-refractivity contribution in [3.05, 3.63) is 34.9 Å². The van der Waals surface area contributed by atoms with Gasteiger partial charge in [-0.05, 0) is 52.5 Å². The Morgan fingerprint density at radius 2 is 1.55 bits per heavy atom. The third-order valence-electron chi connectivity index (χ3n) is 2.95. The minimum atomic E-state index is 0.345. The van der Waals surface area contributed by atoms with Crippen LogP contribution in [-0.2, 0) is 14.3 Å². The van der Waals surface area contributed by atoms with E-state index >= 15 is 0 Å². The number of carbonyl (C=O) groups is 1. The summed E-state index contributed by atoms with van der Waals surface area (Å²) < 4.78 is 10.1. The summed E-state index contributed by atoms with van der Waals surface area (Å²) in [6.07, 6.45) is 11.0. The number of hydrogen-bond acceptors (Lipinski definition) is 3. The third-order valence-corrected chi connectivity index (χ3v) is 2.95. The Morgan fingerprint density at radius 3 is 2.15 bits per heavy atom. The highest BCUT2D eigenvalue weighted by molar-refractivity contribution is 5.65. The lowest BCUT2D eigenvalue weighted by Gasteiger charge is -2.04. The average Bonchev–Trinajstić information content (AvgIpc) is 2.39. The van der Waals surface area contributed by atoms with Crippen molar-refractivity contribution in [3.63, 3.8) is 0 Å². The standard InChI is InChI=1S/C17H28O3/c1-15(7-5-9-16(2)11-12-18)8-6-10-17(3)13-20-14-19-4/h7,10-12H,5-6,8-9,13-14H2,1-4H3/b15-7+,16-11+,17-10+. The maximum atomic E-state index is 10.3. The van der Waals surface area contributed by atoms with Gasteiger partial charge >= 0.3 is 0 Å². The molecule has 0 heterocycles. The second kappa shape index (κ2) is 12.8. The van der Waals surface area contributed by atoms with Gasteiger partial charge in [0.25, 0.3) is 0 Å². The molecule has 0 rings (SSSR count). The topological polar surface area (TPSA) is 35.5 Å². The van der Waals surface area contributed by atoms with Crippen LogP contribution in [0, 0.1) is 0 Å². The highest BCUT2D eigenvalue weighted by Gasteiger charge is 1.93. The Bertz CT molecular complexity index is 351. The van der Waals surface area contributed by atoms with E-state index in [-0.39, 0.29) is 0 Å². The van der Waals surface area contributed by atoms with E-state index in [2.05, 4.69) is 26.0 Å². The maximum absolute atomic E-state index is 10.3. The first-order valence-corrected chi connectivity index (χ1v) is 7.09. The summed E-state index contributed by atoms with van der Waals surface area (Å²) in [4.78, 5) is 10.3. The predicted octanol–water partition coefficient (Wildman–Crippen LogP) is 4.21. The van der Waals surface area contributed by atoms with Crippen LogP contribution in [0.2, 0.25) is 0 Å². The van der Waals surface area contributed by atoms with Crippen LogP contribution in [0.15, 0.2) is 34.9 Å². The molecule has 0 aliphatic rings. The molecule has 0 amide bonds. The largest absolute Gasteiger partial charge is 0.359 e. The van der Waals surface area contributed by atoms with E-state index in [1.54, 1.807) is 13.2 Å². The molecule has 3 nitrogen and oxygen atoms in total. The normalized spacial score (nSPS) is 13.7. The van der Waals surface area contributed by atoms with Gasteiger partial charge in [0.15, 0.2) is 0 Å². The van der Waals surface area contributed by atoms with E-state index in [9.17, 15) is 4.79 Å². The molecule has 3 heteroatoms. The highest BCUT2D eigenvalue weighted by Crippen LogP contribution is 2.11. The minimum Gasteiger partial charge on any atom is -0.359 e. The van der Waals surface area contributed by atoms with Gasteiger partial charge in [0.1, 0.15) is 13.1 Å². The van der Waals surface area contributed by atoms with Gasteiger partial charge in [-0.25, -0.2) is 0 Å². The van der Waals surface area contributed by atoms with Crippen molar-refractivity contribution >= 4 is 6.29 Å². The SMILES string of the molecule is COCOC/C(C)=C/CC/C(C)=C/CC/C(C)=C/C=O. The van der Waals surface area contributed by atoms with Crippen LogP contribution in [0.5, 0.6) is 0 Å². The second-order valence-corrected chi connectivity index (χ2v) is 5.08. The Labute approximate surface area is 123 Å². The van der Waals surface area contributed by atoms with E-state index in [1.165, 1.54) is 11.1 Å². The zero-order valence-electron chi connectivity index (χ0n) is 13.3. The van der Waals surface area contributed by atoms with Crippen molar-refractivity contribution in [1.29, 1.82) is 0 Å². The zero-order chi connectivity index (χ0) is 15.2. The van der Waals surface area contributed by atoms with Gasteiger partial charge in [-0.3, -0.25) is 4.79 Å². The first kappa shape index (κ1) is 18.8. The number of ether oxygens (including phenoxy) is 2. The summed E-state index contributed by atoms with van der Waals surface area (Å²) in [7, 11) is 1.62. The number of aldehydes is 1. The molecule has 20 heavy (non-hydrogen) atoms. The van der Waals surface area contributed by atoms with E-state index < -0.39 is 0 Å². The van der Waals surface area contributed by atoms with Crippen molar-refractivity contribution in [2.75, 3.05) is 20.5 Å². The summed E-state index contributed by atoms with van der Waals surface area (Å²) in [5.74, 6) is 0. The van der Waals surface area contributed by atoms with E-state index in [0.29, 0.717) is 13.4 Å². The molecule has 0 spiro atoms. The smallest absolute Gasteiger partial charge is 0.146 e. The van der Waals surface area contributed by atoms with Crippen molar-refractivity contribution in [2.45, 2.75) is 46.5 Å². The van der Waals surface area contributed by atoms with Crippen LogP contribution >= 0.6 is 0 Å². The van der Waals surface area contributed by atoms with Crippen molar-refractivity contribution < 1.29 is 14.3 Å². The van der Waals surface area contributed by atoms with Crippen LogP contribution in [0.3, 0.4) is 0 Å². The summed E-state index contributed by atoms with van der Waals surface area (Å²) in [6, 6.07) is 0. The maximum Gasteiger partial charge on any atom is 0.146 e. The Balaban J connectivity index is 3.85. The van der Waals surface area contributed by atoms with Crippen LogP contribution in [0.4, 0.5) is 0 Å². The number of rotatable bonds is 11. The number of allylic oxidation sites excluding steroid dienone is 5. The molecule has 114 valence electrons. The molecule has 0 aromatic heterocycles. The van der Waals surface area contributed by atoms with Crippen molar-refractivity contribution in [2.24, 2.45) is 0 Å². The van der Waals surface area contributed by atoms with E-state index in [1.807, 2.05) is 6.92 Å². The molecule has 0 N–H and O–H groups in total. The van der Waals surface area contributed by atoms with Crippen molar-refractivity contribution in [3.8, 4) is 0 Å². The third kappa shape index (κ3) is 11.9. The van der Waals surface area contributed by atoms with Gasteiger partial charge in [0.05, 0.1) is 6.61 Å². The zero-order valence-corrected chi connectivity index (χ0v) is 13.3. The number of methoxy groups -OCH3 is 1. The van der Waals surface area contributed by atoms with Gasteiger partial charge in [0, 0.05) is 7.11 Å². The molecule has 0 saturated carbocycles. The summed E-state index contributed by atoms with van der Waals surface area (Å²) in [6.45, 7) is 7.19. The first-order valence-electron chi connectivity index (χ1n) is 7.09. The second-order valence-electron chi connectivity index (χ2n) is 5.08. The average molecular weight is 280 g/mol. The molecule has 0 atom stereocenters. The summed E-state index contributed by atoms with van der Waals surface area (Å²) in [5, 5.41) is 0. The molecule has 0 aliphatic carbocycles. The van der Waals surface area contributed by atoms with Crippen LogP contribution < -0.4 is 0 Å². The lowest BCUT2D eigenvalue weighted by Crippen LogP contribution is -1.99. The van der Waals surface area contributed by atoms with E-state index in [4.69, 9.17) is 9.47 Å². The molecule has 0 radical (unpaired) electrons. The molecular formula is C17H28O3. The quantitative estimate of drug-likeness (QED) is 0.187. The first-order chi connectivity index (χ1) is 9.60. The molecule has 0 bridgehead atoms. The van der Waals surface area contributed by atoms with Gasteiger partial charge in [-0.1, -0.05) is 28.9 Å².